The quantitative estimate of drug-likeness (QED) is 0.646. The molecule has 0 saturated carbocycles. The normalized spacial score (nSPS) is 10.7. The number of hydrogen-bond acceptors (Lipinski definition) is 5. The number of ketones is 1. The van der Waals surface area contributed by atoms with E-state index in [1.54, 1.807) is 24.3 Å². The van der Waals surface area contributed by atoms with Crippen LogP contribution in [0, 0.1) is 0 Å². The minimum Gasteiger partial charge on any atom is -0.497 e. The smallest absolute Gasteiger partial charge is 0.307 e. The number of carbonyl (C=O) groups is 3. The van der Waals surface area contributed by atoms with E-state index in [-0.39, 0.29) is 28.9 Å². The molecule has 0 bridgehead atoms. The van der Waals surface area contributed by atoms with Gasteiger partial charge in [0.15, 0.2) is 5.78 Å². The fourth-order valence-corrected chi connectivity index (χ4v) is 2.94. The fourth-order valence-electron chi connectivity index (χ4n) is 2.94. The zero-order valence-electron chi connectivity index (χ0n) is 14.7. The molecule has 138 valence electrons. The lowest BCUT2D eigenvalue weighted by Gasteiger charge is -2.03. The van der Waals surface area contributed by atoms with Gasteiger partial charge in [0.05, 0.1) is 19.1 Å². The summed E-state index contributed by atoms with van der Waals surface area (Å²) in [6.45, 7) is 1.35. The van der Waals surface area contributed by atoms with E-state index in [1.807, 2.05) is 0 Å². The lowest BCUT2D eigenvalue weighted by molar-refractivity contribution is -0.136. The van der Waals surface area contributed by atoms with Gasteiger partial charge in [-0.25, -0.2) is 0 Å². The lowest BCUT2D eigenvalue weighted by Crippen LogP contribution is -2.12. The van der Waals surface area contributed by atoms with Gasteiger partial charge in [-0.3, -0.25) is 14.4 Å². The van der Waals surface area contributed by atoms with Crippen molar-refractivity contribution in [1.82, 2.24) is 0 Å². The van der Waals surface area contributed by atoms with Crippen LogP contribution in [0.25, 0.3) is 22.3 Å². The van der Waals surface area contributed by atoms with E-state index in [0.717, 1.165) is 0 Å². The first kappa shape index (κ1) is 18.2. The molecule has 7 nitrogen and oxygen atoms in total. The molecule has 3 aromatic rings. The van der Waals surface area contributed by atoms with E-state index in [1.165, 1.54) is 26.2 Å². The molecule has 0 atom stereocenters. The molecule has 1 aromatic heterocycles. The van der Waals surface area contributed by atoms with Gasteiger partial charge in [-0.2, -0.15) is 0 Å². The number of primary amides is 1. The van der Waals surface area contributed by atoms with Gasteiger partial charge in [0.1, 0.15) is 17.1 Å². The van der Waals surface area contributed by atoms with E-state index in [9.17, 15) is 19.5 Å². The predicted octanol–water partition coefficient (Wildman–Crippen LogP) is 3.04. The molecule has 7 heteroatoms. The number of benzene rings is 2. The van der Waals surface area contributed by atoms with Crippen LogP contribution < -0.4 is 10.5 Å². The van der Waals surface area contributed by atoms with Gasteiger partial charge in [-0.1, -0.05) is 0 Å². The Hall–Kier alpha value is -3.61. The molecule has 3 N–H and O–H groups in total. The first-order chi connectivity index (χ1) is 12.8. The maximum absolute atomic E-state index is 11.9. The summed E-state index contributed by atoms with van der Waals surface area (Å²) >= 11 is 0. The summed E-state index contributed by atoms with van der Waals surface area (Å²) in [4.78, 5) is 35.1. The topological polar surface area (TPSA) is 120 Å². The van der Waals surface area contributed by atoms with Gasteiger partial charge in [-0.05, 0) is 43.3 Å². The number of furan rings is 1. The number of carboxylic acids is 1. The standard InChI is InChI=1S/C20H17NO6/c1-10(22)12-7-14-15(9-17(23)24)18(11-3-5-13(26-2)6-4-11)27-19(14)16(8-12)20(21)25/h3-8H,9H2,1-2H3,(H2,21,25)(H,23,24). The molecule has 0 aliphatic heterocycles. The van der Waals surface area contributed by atoms with Gasteiger partial charge in [0.2, 0.25) is 0 Å². The highest BCUT2D eigenvalue weighted by Crippen LogP contribution is 2.37. The van der Waals surface area contributed by atoms with E-state index in [0.29, 0.717) is 28.0 Å². The van der Waals surface area contributed by atoms with Crippen LogP contribution in [0.5, 0.6) is 5.75 Å². The number of rotatable bonds is 6. The van der Waals surface area contributed by atoms with E-state index >= 15 is 0 Å². The molecule has 27 heavy (non-hydrogen) atoms. The van der Waals surface area contributed by atoms with Crippen LogP contribution >= 0.6 is 0 Å². The van der Waals surface area contributed by atoms with Gasteiger partial charge >= 0.3 is 5.97 Å². The molecule has 1 amide bonds. The number of hydrogen-bond donors (Lipinski definition) is 2. The maximum Gasteiger partial charge on any atom is 0.307 e. The number of aliphatic carboxylic acids is 1. The fraction of sp³-hybridized carbons (Fsp3) is 0.150. The Morgan fingerprint density at radius 3 is 2.33 bits per heavy atom. The minimum absolute atomic E-state index is 0.0316. The molecule has 0 radical (unpaired) electrons. The zero-order valence-corrected chi connectivity index (χ0v) is 14.7. The molecule has 2 aromatic carbocycles. The molecule has 0 fully saturated rings. The highest BCUT2D eigenvalue weighted by atomic mass is 16.5. The number of fused-ring (bicyclic) bond motifs is 1. The summed E-state index contributed by atoms with van der Waals surface area (Å²) in [5.74, 6) is -1.17. The van der Waals surface area contributed by atoms with Crippen LogP contribution in [0.1, 0.15) is 33.2 Å². The molecule has 0 aliphatic carbocycles. The summed E-state index contributed by atoms with van der Waals surface area (Å²) in [6.07, 6.45) is -0.339. The first-order valence-electron chi connectivity index (χ1n) is 8.08. The van der Waals surface area contributed by atoms with Crippen molar-refractivity contribution in [3.05, 3.63) is 53.1 Å². The largest absolute Gasteiger partial charge is 0.497 e. The molecular weight excluding hydrogens is 350 g/mol. The van der Waals surface area contributed by atoms with E-state index in [2.05, 4.69) is 0 Å². The van der Waals surface area contributed by atoms with Crippen molar-refractivity contribution < 1.29 is 28.6 Å². The van der Waals surface area contributed by atoms with Crippen molar-refractivity contribution in [2.45, 2.75) is 13.3 Å². The minimum atomic E-state index is -1.07. The summed E-state index contributed by atoms with van der Waals surface area (Å²) in [6, 6.07) is 9.75. The Balaban J connectivity index is 2.35. The maximum atomic E-state index is 11.9. The van der Waals surface area contributed by atoms with Crippen LogP contribution in [-0.2, 0) is 11.2 Å². The van der Waals surface area contributed by atoms with E-state index < -0.39 is 11.9 Å². The highest BCUT2D eigenvalue weighted by molar-refractivity contribution is 6.10. The molecule has 0 aliphatic rings. The summed E-state index contributed by atoms with van der Waals surface area (Å²) in [7, 11) is 1.54. The number of nitrogens with two attached hydrogens (primary N) is 1. The Kier molecular flexibility index (Phi) is 4.68. The number of carbonyl (C=O) groups excluding carboxylic acids is 2. The molecule has 0 saturated heterocycles. The summed E-state index contributed by atoms with van der Waals surface area (Å²) in [5, 5.41) is 9.71. The van der Waals surface area contributed by atoms with Crippen molar-refractivity contribution in [1.29, 1.82) is 0 Å². The Morgan fingerprint density at radius 1 is 1.15 bits per heavy atom. The van der Waals surface area contributed by atoms with Crippen LogP contribution in [-0.4, -0.2) is 29.9 Å². The van der Waals surface area contributed by atoms with Crippen molar-refractivity contribution in [3.63, 3.8) is 0 Å². The van der Waals surface area contributed by atoms with Crippen molar-refractivity contribution >= 4 is 28.6 Å². The highest BCUT2D eigenvalue weighted by Gasteiger charge is 2.23. The second-order valence-corrected chi connectivity index (χ2v) is 6.03. The van der Waals surface area contributed by atoms with Crippen LogP contribution in [0.15, 0.2) is 40.8 Å². The molecular formula is C20H17NO6. The van der Waals surface area contributed by atoms with Gasteiger partial charge in [-0.15, -0.1) is 0 Å². The lowest BCUT2D eigenvalue weighted by atomic mass is 9.98. The van der Waals surface area contributed by atoms with Crippen molar-refractivity contribution in [3.8, 4) is 17.1 Å². The predicted molar refractivity (Wildman–Crippen MR) is 98.1 cm³/mol. The van der Waals surface area contributed by atoms with Crippen LogP contribution in [0.2, 0.25) is 0 Å². The number of carboxylic acid groups (broad SMARTS) is 1. The SMILES string of the molecule is COc1ccc(-c2oc3c(C(N)=O)cc(C(C)=O)cc3c2CC(=O)O)cc1. The van der Waals surface area contributed by atoms with Gasteiger partial charge in [0.25, 0.3) is 5.91 Å². The first-order valence-corrected chi connectivity index (χ1v) is 8.08. The summed E-state index contributed by atoms with van der Waals surface area (Å²) < 4.78 is 11.0. The monoisotopic (exact) mass is 367 g/mol. The molecule has 0 spiro atoms. The number of methoxy groups -OCH3 is 1. The van der Waals surface area contributed by atoms with Crippen molar-refractivity contribution in [2.75, 3.05) is 7.11 Å². The third kappa shape index (κ3) is 3.39. The van der Waals surface area contributed by atoms with Crippen LogP contribution in [0.3, 0.4) is 0 Å². The second-order valence-electron chi connectivity index (χ2n) is 6.03. The Labute approximate surface area is 154 Å². The van der Waals surface area contributed by atoms with Crippen molar-refractivity contribution in [2.24, 2.45) is 5.73 Å². The Bertz CT molecular complexity index is 1060. The average molecular weight is 367 g/mol. The number of Topliss-reactive ketones (excluding diaryl/α,β-unsaturated/α-hetero) is 1. The third-order valence-electron chi connectivity index (χ3n) is 4.24. The Morgan fingerprint density at radius 2 is 1.81 bits per heavy atom. The second kappa shape index (κ2) is 6.95. The van der Waals surface area contributed by atoms with E-state index in [4.69, 9.17) is 14.9 Å². The number of ether oxygens (including phenoxy) is 1. The number of amides is 1. The van der Waals surface area contributed by atoms with Gasteiger partial charge < -0.3 is 20.0 Å². The summed E-state index contributed by atoms with van der Waals surface area (Å²) in [5.41, 5.74) is 6.87. The molecule has 1 heterocycles. The molecule has 3 rings (SSSR count). The third-order valence-corrected chi connectivity index (χ3v) is 4.24. The molecule has 0 unspecified atom stereocenters. The van der Waals surface area contributed by atoms with Crippen LogP contribution in [0.4, 0.5) is 0 Å². The van der Waals surface area contributed by atoms with Gasteiger partial charge in [0, 0.05) is 22.1 Å². The zero-order chi connectivity index (χ0) is 19.7. The average Bonchev–Trinajstić information content (AvgIpc) is 2.98.